The zero-order valence-corrected chi connectivity index (χ0v) is 10.5. The van der Waals surface area contributed by atoms with Gasteiger partial charge in [-0.15, -0.1) is 0 Å². The molecule has 0 heterocycles. The van der Waals surface area contributed by atoms with Crippen molar-refractivity contribution in [2.75, 3.05) is 7.05 Å². The maximum absolute atomic E-state index is 11.1. The third-order valence-electron chi connectivity index (χ3n) is 3.17. The minimum absolute atomic E-state index is 0.0884. The number of nitrogens with zero attached hydrogens (tertiary/aromatic N) is 1. The largest absolute Gasteiger partial charge is 0.299 e. The number of hydrogen-bond donors (Lipinski definition) is 0. The van der Waals surface area contributed by atoms with E-state index < -0.39 is 9.24 Å². The van der Waals surface area contributed by atoms with Crippen molar-refractivity contribution in [3.8, 4) is 0 Å². The van der Waals surface area contributed by atoms with Gasteiger partial charge in [-0.2, -0.15) is 12.7 Å². The Morgan fingerprint density at radius 3 is 2.07 bits per heavy atom. The van der Waals surface area contributed by atoms with Gasteiger partial charge < -0.3 is 0 Å². The van der Waals surface area contributed by atoms with Crippen molar-refractivity contribution in [2.45, 2.75) is 45.6 Å². The van der Waals surface area contributed by atoms with E-state index in [-0.39, 0.29) is 6.04 Å². The lowest BCUT2D eigenvalue weighted by atomic mass is 9.76. The standard InChI is InChI=1S/C9H18ClNO2S/c1-9(2)6-4-8(5-7-9)11(3)14(10,12)13/h8H,4-7H2,1-3H3. The molecule has 1 rings (SSSR count). The molecule has 0 N–H and O–H groups in total. The Balaban J connectivity index is 2.59. The number of halogens is 1. The van der Waals surface area contributed by atoms with Crippen molar-refractivity contribution in [1.82, 2.24) is 4.31 Å². The van der Waals surface area contributed by atoms with Crippen LogP contribution in [0.2, 0.25) is 0 Å². The van der Waals surface area contributed by atoms with E-state index in [2.05, 4.69) is 13.8 Å². The Hall–Kier alpha value is 0.200. The fraction of sp³-hybridized carbons (Fsp3) is 1.00. The molecule has 0 unspecified atom stereocenters. The molecule has 0 aromatic heterocycles. The van der Waals surface area contributed by atoms with Crippen LogP contribution >= 0.6 is 10.7 Å². The SMILES string of the molecule is CN(C1CCC(C)(C)CC1)S(=O)(=O)Cl. The van der Waals surface area contributed by atoms with Gasteiger partial charge in [0.1, 0.15) is 0 Å². The topological polar surface area (TPSA) is 37.4 Å². The first-order valence-corrected chi connectivity index (χ1v) is 7.17. The van der Waals surface area contributed by atoms with Crippen molar-refractivity contribution in [3.05, 3.63) is 0 Å². The van der Waals surface area contributed by atoms with Crippen molar-refractivity contribution < 1.29 is 8.42 Å². The molecule has 0 aromatic rings. The van der Waals surface area contributed by atoms with Gasteiger partial charge in [0.05, 0.1) is 0 Å². The Labute approximate surface area is 91.0 Å². The van der Waals surface area contributed by atoms with Crippen LogP contribution in [-0.4, -0.2) is 25.8 Å². The summed E-state index contributed by atoms with van der Waals surface area (Å²) in [5, 5.41) is 0. The van der Waals surface area contributed by atoms with Crippen LogP contribution in [0.5, 0.6) is 0 Å². The Bertz CT molecular complexity index is 290. The molecule has 0 bridgehead atoms. The lowest BCUT2D eigenvalue weighted by Gasteiger charge is -2.37. The molecule has 1 saturated carbocycles. The van der Waals surface area contributed by atoms with Crippen LogP contribution in [-0.2, 0) is 9.24 Å². The molecule has 1 aliphatic rings. The summed E-state index contributed by atoms with van der Waals surface area (Å²) in [6.45, 7) is 4.44. The van der Waals surface area contributed by atoms with Gasteiger partial charge in [-0.3, -0.25) is 0 Å². The molecule has 84 valence electrons. The molecular formula is C9H18ClNO2S. The number of rotatable bonds is 2. The predicted octanol–water partition coefficient (Wildman–Crippen LogP) is 2.37. The van der Waals surface area contributed by atoms with Gasteiger partial charge in [-0.1, -0.05) is 13.8 Å². The minimum atomic E-state index is -3.53. The van der Waals surface area contributed by atoms with Crippen LogP contribution in [0.4, 0.5) is 0 Å². The van der Waals surface area contributed by atoms with Gasteiger partial charge >= 0.3 is 0 Å². The molecule has 0 aromatic carbocycles. The Morgan fingerprint density at radius 1 is 1.29 bits per heavy atom. The van der Waals surface area contributed by atoms with Crippen LogP contribution in [0.25, 0.3) is 0 Å². The molecule has 0 saturated heterocycles. The summed E-state index contributed by atoms with van der Waals surface area (Å²) in [4.78, 5) is 0. The van der Waals surface area contributed by atoms with Crippen molar-refractivity contribution in [2.24, 2.45) is 5.41 Å². The molecular weight excluding hydrogens is 222 g/mol. The molecule has 3 nitrogen and oxygen atoms in total. The van der Waals surface area contributed by atoms with Gasteiger partial charge in [0.25, 0.3) is 9.24 Å². The number of hydrogen-bond acceptors (Lipinski definition) is 2. The Kier molecular flexibility index (Phi) is 3.49. The van der Waals surface area contributed by atoms with Crippen LogP contribution in [0.15, 0.2) is 0 Å². The van der Waals surface area contributed by atoms with Gasteiger partial charge in [-0.25, -0.2) is 0 Å². The average molecular weight is 240 g/mol. The minimum Gasteiger partial charge on any atom is -0.195 e. The predicted molar refractivity (Wildman–Crippen MR) is 58.6 cm³/mol. The summed E-state index contributed by atoms with van der Waals surface area (Å²) in [5.41, 5.74) is 0.355. The molecule has 1 aliphatic carbocycles. The maximum Gasteiger partial charge on any atom is 0.299 e. The summed E-state index contributed by atoms with van der Waals surface area (Å²) in [5.74, 6) is 0. The summed E-state index contributed by atoms with van der Waals surface area (Å²) < 4.78 is 23.5. The smallest absolute Gasteiger partial charge is 0.195 e. The van der Waals surface area contributed by atoms with Crippen LogP contribution in [0.3, 0.4) is 0 Å². The molecule has 0 radical (unpaired) electrons. The highest BCUT2D eigenvalue weighted by Gasteiger charge is 2.32. The molecule has 0 spiro atoms. The third-order valence-corrected chi connectivity index (χ3v) is 4.81. The van der Waals surface area contributed by atoms with Gasteiger partial charge in [-0.05, 0) is 31.1 Å². The summed E-state index contributed by atoms with van der Waals surface area (Å²) in [6.07, 6.45) is 3.95. The highest BCUT2D eigenvalue weighted by Crippen LogP contribution is 2.37. The van der Waals surface area contributed by atoms with Crippen LogP contribution in [0.1, 0.15) is 39.5 Å². The lowest BCUT2D eigenvalue weighted by molar-refractivity contribution is 0.175. The molecule has 0 atom stereocenters. The zero-order chi connectivity index (χ0) is 11.0. The van der Waals surface area contributed by atoms with Crippen LogP contribution < -0.4 is 0 Å². The van der Waals surface area contributed by atoms with E-state index >= 15 is 0 Å². The van der Waals surface area contributed by atoms with E-state index in [9.17, 15) is 8.42 Å². The zero-order valence-electron chi connectivity index (χ0n) is 8.96. The summed E-state index contributed by atoms with van der Waals surface area (Å²) in [6, 6.07) is 0.0884. The lowest BCUT2D eigenvalue weighted by Crippen LogP contribution is -2.38. The van der Waals surface area contributed by atoms with Crippen molar-refractivity contribution in [3.63, 3.8) is 0 Å². The second-order valence-corrected chi connectivity index (χ2v) is 7.42. The highest BCUT2D eigenvalue weighted by atomic mass is 35.7. The van der Waals surface area contributed by atoms with Crippen molar-refractivity contribution in [1.29, 1.82) is 0 Å². The first-order valence-electron chi connectivity index (χ1n) is 4.90. The maximum atomic E-state index is 11.1. The Morgan fingerprint density at radius 2 is 1.71 bits per heavy atom. The average Bonchev–Trinajstić information content (AvgIpc) is 2.01. The quantitative estimate of drug-likeness (QED) is 0.694. The van der Waals surface area contributed by atoms with E-state index in [4.69, 9.17) is 10.7 Å². The first kappa shape index (κ1) is 12.3. The second-order valence-electron chi connectivity index (χ2n) is 4.85. The molecule has 0 amide bonds. The third kappa shape index (κ3) is 3.11. The van der Waals surface area contributed by atoms with Crippen LogP contribution in [0, 0.1) is 5.41 Å². The summed E-state index contributed by atoms with van der Waals surface area (Å²) >= 11 is 0. The van der Waals surface area contributed by atoms with Crippen molar-refractivity contribution >= 4 is 19.9 Å². The van der Waals surface area contributed by atoms with E-state index in [1.165, 1.54) is 4.31 Å². The fourth-order valence-corrected chi connectivity index (χ4v) is 2.83. The fourth-order valence-electron chi connectivity index (χ4n) is 1.93. The molecule has 1 fully saturated rings. The monoisotopic (exact) mass is 239 g/mol. The summed E-state index contributed by atoms with van der Waals surface area (Å²) in [7, 11) is 3.31. The molecule has 5 heteroatoms. The second kappa shape index (κ2) is 3.99. The first-order chi connectivity index (χ1) is 6.22. The van der Waals surface area contributed by atoms with Gasteiger partial charge in [0, 0.05) is 23.8 Å². The normalized spacial score (nSPS) is 24.1. The van der Waals surface area contributed by atoms with Gasteiger partial charge in [0.2, 0.25) is 0 Å². The molecule has 0 aliphatic heterocycles. The highest BCUT2D eigenvalue weighted by molar-refractivity contribution is 8.11. The van der Waals surface area contributed by atoms with E-state index in [1.807, 2.05) is 0 Å². The molecule has 14 heavy (non-hydrogen) atoms. The van der Waals surface area contributed by atoms with E-state index in [0.29, 0.717) is 5.41 Å². The van der Waals surface area contributed by atoms with E-state index in [1.54, 1.807) is 7.05 Å². The van der Waals surface area contributed by atoms with Gasteiger partial charge in [0.15, 0.2) is 0 Å². The van der Waals surface area contributed by atoms with E-state index in [0.717, 1.165) is 25.7 Å².